The molecule has 0 fully saturated rings. The fraction of sp³-hybridized carbons (Fsp3) is 0.278. The van der Waals surface area contributed by atoms with Crippen molar-refractivity contribution in [2.45, 2.75) is 13.5 Å². The van der Waals surface area contributed by atoms with Crippen LogP contribution in [0.15, 0.2) is 24.3 Å². The first-order valence-electron chi connectivity index (χ1n) is 7.89. The third-order valence-corrected chi connectivity index (χ3v) is 5.18. The first-order chi connectivity index (χ1) is 12.9. The fourth-order valence-corrected chi connectivity index (χ4v) is 3.67. The zero-order valence-electron chi connectivity index (χ0n) is 15.4. The van der Waals surface area contributed by atoms with Crippen LogP contribution in [0.25, 0.3) is 0 Å². The molecule has 2 rings (SSSR count). The minimum absolute atomic E-state index is 0.261. The van der Waals surface area contributed by atoms with E-state index >= 15 is 0 Å². The SMILES string of the molecule is COC(=O)c1sc(NC(=S)NCc2ccc(OC)cc2)c(C(=O)OC)c1C. The van der Waals surface area contributed by atoms with Gasteiger partial charge in [-0.25, -0.2) is 9.59 Å². The van der Waals surface area contributed by atoms with Gasteiger partial charge in [0.1, 0.15) is 15.6 Å². The summed E-state index contributed by atoms with van der Waals surface area (Å²) in [6, 6.07) is 7.54. The topological polar surface area (TPSA) is 85.9 Å². The van der Waals surface area contributed by atoms with Crippen molar-refractivity contribution in [3.63, 3.8) is 0 Å². The Morgan fingerprint density at radius 1 is 1.07 bits per heavy atom. The van der Waals surface area contributed by atoms with Crippen LogP contribution in [0, 0.1) is 6.92 Å². The normalized spacial score (nSPS) is 10.1. The van der Waals surface area contributed by atoms with Crippen molar-refractivity contribution < 1.29 is 23.8 Å². The van der Waals surface area contributed by atoms with Crippen LogP contribution in [0.2, 0.25) is 0 Å². The molecule has 0 radical (unpaired) electrons. The summed E-state index contributed by atoms with van der Waals surface area (Å²) in [5, 5.41) is 6.76. The highest BCUT2D eigenvalue weighted by Crippen LogP contribution is 2.34. The molecular formula is C18H20N2O5S2. The van der Waals surface area contributed by atoms with E-state index in [0.717, 1.165) is 22.6 Å². The van der Waals surface area contributed by atoms with Gasteiger partial charge in [0.05, 0.1) is 26.9 Å². The second kappa shape index (κ2) is 9.33. The zero-order chi connectivity index (χ0) is 20.0. The number of hydrogen-bond donors (Lipinski definition) is 2. The molecule has 0 spiro atoms. The highest BCUT2D eigenvalue weighted by molar-refractivity contribution is 7.80. The Balaban J connectivity index is 2.13. The number of ether oxygens (including phenoxy) is 3. The van der Waals surface area contributed by atoms with Crippen LogP contribution in [0.4, 0.5) is 5.00 Å². The summed E-state index contributed by atoms with van der Waals surface area (Å²) in [7, 11) is 4.17. The van der Waals surface area contributed by atoms with Gasteiger partial charge in [-0.3, -0.25) is 0 Å². The molecule has 7 nitrogen and oxygen atoms in total. The molecule has 0 unspecified atom stereocenters. The minimum Gasteiger partial charge on any atom is -0.497 e. The van der Waals surface area contributed by atoms with E-state index in [1.54, 1.807) is 14.0 Å². The molecule has 0 amide bonds. The lowest BCUT2D eigenvalue weighted by molar-refractivity contribution is 0.0601. The van der Waals surface area contributed by atoms with Crippen LogP contribution in [0.3, 0.4) is 0 Å². The quantitative estimate of drug-likeness (QED) is 0.557. The molecule has 1 heterocycles. The highest BCUT2D eigenvalue weighted by atomic mass is 32.1. The van der Waals surface area contributed by atoms with Crippen LogP contribution >= 0.6 is 23.6 Å². The van der Waals surface area contributed by atoms with Gasteiger partial charge in [0.2, 0.25) is 0 Å². The van der Waals surface area contributed by atoms with Gasteiger partial charge in [-0.15, -0.1) is 11.3 Å². The number of anilines is 1. The standard InChI is InChI=1S/C18H20N2O5S2/c1-10-13(16(21)24-3)15(27-14(10)17(22)25-4)20-18(26)19-9-11-5-7-12(23-2)8-6-11/h5-8H,9H2,1-4H3,(H2,19,20,26). The first-order valence-corrected chi connectivity index (χ1v) is 9.11. The van der Waals surface area contributed by atoms with Gasteiger partial charge in [-0.1, -0.05) is 12.1 Å². The number of carbonyl (C=O) groups excluding carboxylic acids is 2. The van der Waals surface area contributed by atoms with Crippen molar-refractivity contribution in [3.05, 3.63) is 45.8 Å². The molecule has 2 N–H and O–H groups in total. The Bertz CT molecular complexity index is 846. The van der Waals surface area contributed by atoms with Gasteiger partial charge < -0.3 is 24.8 Å². The second-order valence-electron chi connectivity index (χ2n) is 5.40. The summed E-state index contributed by atoms with van der Waals surface area (Å²) >= 11 is 6.39. The Hall–Kier alpha value is -2.65. The summed E-state index contributed by atoms with van der Waals surface area (Å²) < 4.78 is 14.7. The Labute approximate surface area is 166 Å². The Morgan fingerprint density at radius 2 is 1.70 bits per heavy atom. The molecular weight excluding hydrogens is 388 g/mol. The molecule has 144 valence electrons. The maximum atomic E-state index is 12.1. The van der Waals surface area contributed by atoms with Crippen LogP contribution in [-0.2, 0) is 16.0 Å². The van der Waals surface area contributed by atoms with Gasteiger partial charge in [0.15, 0.2) is 5.11 Å². The van der Waals surface area contributed by atoms with Gasteiger partial charge in [-0.2, -0.15) is 0 Å². The number of thiocarbonyl (C=S) groups is 1. The van der Waals surface area contributed by atoms with E-state index in [1.807, 2.05) is 24.3 Å². The number of rotatable bonds is 6. The summed E-state index contributed by atoms with van der Waals surface area (Å²) in [4.78, 5) is 24.3. The Kier molecular flexibility index (Phi) is 7.14. The molecule has 0 saturated heterocycles. The summed E-state index contributed by atoms with van der Waals surface area (Å²) in [5.41, 5.74) is 1.75. The molecule has 0 bridgehead atoms. The van der Waals surface area contributed by atoms with Crippen molar-refractivity contribution in [2.24, 2.45) is 0 Å². The highest BCUT2D eigenvalue weighted by Gasteiger charge is 2.26. The third-order valence-electron chi connectivity index (χ3n) is 3.75. The van der Waals surface area contributed by atoms with E-state index < -0.39 is 11.9 Å². The summed E-state index contributed by atoms with van der Waals surface area (Å²) in [5.74, 6) is -0.307. The van der Waals surface area contributed by atoms with Gasteiger partial charge >= 0.3 is 11.9 Å². The lowest BCUT2D eigenvalue weighted by atomic mass is 10.1. The smallest absolute Gasteiger partial charge is 0.348 e. The number of hydrogen-bond acceptors (Lipinski definition) is 7. The van der Waals surface area contributed by atoms with Crippen molar-refractivity contribution in [1.29, 1.82) is 0 Å². The molecule has 0 atom stereocenters. The van der Waals surface area contributed by atoms with E-state index in [0.29, 0.717) is 27.1 Å². The van der Waals surface area contributed by atoms with Gasteiger partial charge in [-0.05, 0) is 42.4 Å². The monoisotopic (exact) mass is 408 g/mol. The number of thiophene rings is 1. The third kappa shape index (κ3) is 4.95. The Morgan fingerprint density at radius 3 is 2.26 bits per heavy atom. The molecule has 27 heavy (non-hydrogen) atoms. The lowest BCUT2D eigenvalue weighted by Crippen LogP contribution is -2.28. The molecule has 1 aromatic heterocycles. The number of methoxy groups -OCH3 is 3. The van der Waals surface area contributed by atoms with E-state index in [9.17, 15) is 9.59 Å². The lowest BCUT2D eigenvalue weighted by Gasteiger charge is -2.11. The van der Waals surface area contributed by atoms with Gasteiger partial charge in [0, 0.05) is 6.54 Å². The number of benzene rings is 1. The van der Waals surface area contributed by atoms with Crippen molar-refractivity contribution >= 4 is 45.6 Å². The molecule has 0 aliphatic carbocycles. The molecule has 9 heteroatoms. The average molecular weight is 409 g/mol. The molecule has 0 aliphatic rings. The van der Waals surface area contributed by atoms with E-state index in [-0.39, 0.29) is 5.56 Å². The van der Waals surface area contributed by atoms with E-state index in [2.05, 4.69) is 10.6 Å². The van der Waals surface area contributed by atoms with Crippen LogP contribution < -0.4 is 15.4 Å². The minimum atomic E-state index is -0.556. The number of carbonyl (C=O) groups is 2. The first kappa shape index (κ1) is 20.7. The second-order valence-corrected chi connectivity index (χ2v) is 6.83. The van der Waals surface area contributed by atoms with Crippen molar-refractivity contribution in [2.75, 3.05) is 26.6 Å². The van der Waals surface area contributed by atoms with Crippen molar-refractivity contribution in [1.82, 2.24) is 5.32 Å². The van der Waals surface area contributed by atoms with Crippen LogP contribution in [0.1, 0.15) is 31.2 Å². The predicted octanol–water partition coefficient (Wildman–Crippen LogP) is 3.12. The maximum Gasteiger partial charge on any atom is 0.348 e. The maximum absolute atomic E-state index is 12.1. The molecule has 0 saturated carbocycles. The predicted molar refractivity (Wildman–Crippen MR) is 108 cm³/mol. The average Bonchev–Trinajstić information content (AvgIpc) is 3.01. The molecule has 0 aliphatic heterocycles. The van der Waals surface area contributed by atoms with E-state index in [1.165, 1.54) is 14.2 Å². The van der Waals surface area contributed by atoms with E-state index in [4.69, 9.17) is 26.4 Å². The molecule has 2 aromatic rings. The summed E-state index contributed by atoms with van der Waals surface area (Å²) in [6.45, 7) is 2.14. The number of nitrogens with one attached hydrogen (secondary N) is 2. The van der Waals surface area contributed by atoms with Crippen LogP contribution in [0.5, 0.6) is 5.75 Å². The van der Waals surface area contributed by atoms with Gasteiger partial charge in [0.25, 0.3) is 0 Å². The number of esters is 2. The largest absolute Gasteiger partial charge is 0.497 e. The van der Waals surface area contributed by atoms with Crippen molar-refractivity contribution in [3.8, 4) is 5.75 Å². The zero-order valence-corrected chi connectivity index (χ0v) is 17.0. The summed E-state index contributed by atoms with van der Waals surface area (Å²) in [6.07, 6.45) is 0. The fourth-order valence-electron chi connectivity index (χ4n) is 2.31. The van der Waals surface area contributed by atoms with Crippen LogP contribution in [-0.4, -0.2) is 38.4 Å². The molecule has 1 aromatic carbocycles.